The van der Waals surface area contributed by atoms with Crippen LogP contribution in [-0.2, 0) is 0 Å². The van der Waals surface area contributed by atoms with Gasteiger partial charge in [-0.15, -0.1) is 0 Å². The largest absolute Gasteiger partial charge is 0.382 e. The number of nitrogens with two attached hydrogens (primary N) is 1. The lowest BCUT2D eigenvalue weighted by Crippen LogP contribution is -2.53. The smallest absolute Gasteiger partial charge is 0.158 e. The van der Waals surface area contributed by atoms with Crippen LogP contribution >= 0.6 is 0 Å². The molecule has 2 fully saturated rings. The molecule has 0 aromatic carbocycles. The van der Waals surface area contributed by atoms with Gasteiger partial charge in [-0.3, -0.25) is 5.41 Å². The molecule has 1 aromatic rings. The van der Waals surface area contributed by atoms with Gasteiger partial charge in [0.05, 0.1) is 0 Å². The van der Waals surface area contributed by atoms with Crippen LogP contribution in [0.1, 0.15) is 25.0 Å². The molecule has 2 aliphatic rings. The number of rotatable bonds is 2. The molecule has 0 saturated carbocycles. The number of nitrogens with zero attached hydrogens (tertiary/aromatic N) is 4. The lowest BCUT2D eigenvalue weighted by Gasteiger charge is -2.46. The van der Waals surface area contributed by atoms with Gasteiger partial charge in [0.15, 0.2) is 5.82 Å². The van der Waals surface area contributed by atoms with Crippen molar-refractivity contribution < 1.29 is 0 Å². The highest BCUT2D eigenvalue weighted by Gasteiger charge is 2.35. The summed E-state index contributed by atoms with van der Waals surface area (Å²) in [6, 6.07) is 0.692. The van der Waals surface area contributed by atoms with Crippen molar-refractivity contribution in [2.75, 3.05) is 31.6 Å². The van der Waals surface area contributed by atoms with Gasteiger partial charge in [-0.2, -0.15) is 0 Å². The van der Waals surface area contributed by atoms with Gasteiger partial charge < -0.3 is 15.5 Å². The van der Waals surface area contributed by atoms with Crippen molar-refractivity contribution in [3.8, 4) is 0 Å². The summed E-state index contributed by atoms with van der Waals surface area (Å²) in [5, 5.41) is 7.65. The standard InChI is InChI=1S/C14H22N6/c1-19-7-2-3-10-9-20(8-4-11(10)19)14-12(13(15)16)17-5-6-18-14/h5-6,10-11H,2-4,7-9H2,1H3,(H3,15,16). The molecule has 2 aliphatic heterocycles. The summed E-state index contributed by atoms with van der Waals surface area (Å²) in [6.07, 6.45) is 6.98. The lowest BCUT2D eigenvalue weighted by atomic mass is 9.84. The van der Waals surface area contributed by atoms with Crippen molar-refractivity contribution in [1.29, 1.82) is 5.41 Å². The van der Waals surface area contributed by atoms with Gasteiger partial charge in [-0.1, -0.05) is 0 Å². The number of hydrogen-bond acceptors (Lipinski definition) is 5. The highest BCUT2D eigenvalue weighted by molar-refractivity contribution is 5.97. The molecule has 0 aliphatic carbocycles. The summed E-state index contributed by atoms with van der Waals surface area (Å²) in [6.45, 7) is 3.17. The predicted molar refractivity (Wildman–Crippen MR) is 79.0 cm³/mol. The van der Waals surface area contributed by atoms with E-state index in [1.54, 1.807) is 12.4 Å². The summed E-state index contributed by atoms with van der Waals surface area (Å²) in [7, 11) is 2.23. The molecule has 2 saturated heterocycles. The fourth-order valence-electron chi connectivity index (χ4n) is 3.60. The highest BCUT2D eigenvalue weighted by Crippen LogP contribution is 2.31. The number of likely N-dealkylation sites (tertiary alicyclic amines) is 1. The molecule has 20 heavy (non-hydrogen) atoms. The van der Waals surface area contributed by atoms with E-state index in [2.05, 4.69) is 26.8 Å². The number of aromatic nitrogens is 2. The molecule has 3 N–H and O–H groups in total. The first kappa shape index (κ1) is 13.3. The third-order valence-electron chi connectivity index (χ3n) is 4.58. The third-order valence-corrected chi connectivity index (χ3v) is 4.58. The summed E-state index contributed by atoms with van der Waals surface area (Å²) in [5.74, 6) is 1.45. The summed E-state index contributed by atoms with van der Waals surface area (Å²) in [4.78, 5) is 13.4. The zero-order valence-electron chi connectivity index (χ0n) is 11.9. The topological polar surface area (TPSA) is 82.1 Å². The van der Waals surface area contributed by atoms with Gasteiger partial charge in [-0.05, 0) is 38.8 Å². The van der Waals surface area contributed by atoms with Crippen LogP contribution in [0.2, 0.25) is 0 Å². The Morgan fingerprint density at radius 2 is 2.10 bits per heavy atom. The fourth-order valence-corrected chi connectivity index (χ4v) is 3.60. The third kappa shape index (κ3) is 2.35. The van der Waals surface area contributed by atoms with E-state index in [9.17, 15) is 0 Å². The van der Waals surface area contributed by atoms with Crippen LogP contribution in [0.4, 0.5) is 5.82 Å². The second kappa shape index (κ2) is 5.36. The molecule has 0 radical (unpaired) electrons. The molecule has 2 atom stereocenters. The minimum atomic E-state index is -0.00372. The quantitative estimate of drug-likeness (QED) is 0.612. The van der Waals surface area contributed by atoms with E-state index >= 15 is 0 Å². The van der Waals surface area contributed by atoms with Gasteiger partial charge in [-0.25, -0.2) is 9.97 Å². The van der Waals surface area contributed by atoms with Crippen molar-refractivity contribution in [3.05, 3.63) is 18.1 Å². The van der Waals surface area contributed by atoms with Crippen LogP contribution < -0.4 is 10.6 Å². The van der Waals surface area contributed by atoms with Crippen molar-refractivity contribution >= 4 is 11.7 Å². The van der Waals surface area contributed by atoms with Crippen LogP contribution in [-0.4, -0.2) is 53.4 Å². The first-order chi connectivity index (χ1) is 9.66. The minimum Gasteiger partial charge on any atom is -0.382 e. The van der Waals surface area contributed by atoms with Crippen molar-refractivity contribution in [3.63, 3.8) is 0 Å². The van der Waals surface area contributed by atoms with Crippen LogP contribution in [0, 0.1) is 11.3 Å². The first-order valence-corrected chi connectivity index (χ1v) is 7.27. The second-order valence-corrected chi connectivity index (χ2v) is 5.83. The molecule has 6 heteroatoms. The average molecular weight is 274 g/mol. The number of anilines is 1. The van der Waals surface area contributed by atoms with E-state index in [4.69, 9.17) is 11.1 Å². The second-order valence-electron chi connectivity index (χ2n) is 5.83. The van der Waals surface area contributed by atoms with Gasteiger partial charge in [0.1, 0.15) is 11.5 Å². The van der Waals surface area contributed by atoms with Crippen LogP contribution in [0.25, 0.3) is 0 Å². The Balaban J connectivity index is 1.81. The molecule has 0 bridgehead atoms. The zero-order chi connectivity index (χ0) is 14.1. The molecular formula is C14H22N6. The molecular weight excluding hydrogens is 252 g/mol. The molecule has 3 rings (SSSR count). The van der Waals surface area contributed by atoms with Gasteiger partial charge in [0.25, 0.3) is 0 Å². The van der Waals surface area contributed by atoms with Crippen molar-refractivity contribution in [2.24, 2.45) is 11.7 Å². The van der Waals surface area contributed by atoms with E-state index in [1.807, 2.05) is 0 Å². The number of fused-ring (bicyclic) bond motifs is 1. The van der Waals surface area contributed by atoms with E-state index in [0.29, 0.717) is 17.7 Å². The number of nitrogen functional groups attached to an aromatic ring is 1. The fraction of sp³-hybridized carbons (Fsp3) is 0.643. The monoisotopic (exact) mass is 274 g/mol. The Morgan fingerprint density at radius 1 is 1.30 bits per heavy atom. The molecule has 108 valence electrons. The molecule has 1 aromatic heterocycles. The molecule has 0 amide bonds. The van der Waals surface area contributed by atoms with Gasteiger partial charge in [0.2, 0.25) is 0 Å². The lowest BCUT2D eigenvalue weighted by molar-refractivity contribution is 0.102. The van der Waals surface area contributed by atoms with E-state index in [1.165, 1.54) is 19.4 Å². The average Bonchev–Trinajstić information content (AvgIpc) is 2.47. The maximum absolute atomic E-state index is 7.65. The van der Waals surface area contributed by atoms with E-state index in [-0.39, 0.29) is 5.84 Å². The Hall–Kier alpha value is -1.69. The Kier molecular flexibility index (Phi) is 3.56. The summed E-state index contributed by atoms with van der Waals surface area (Å²) >= 11 is 0. The van der Waals surface area contributed by atoms with Gasteiger partial charge >= 0.3 is 0 Å². The molecule has 2 unspecified atom stereocenters. The number of nitrogens with one attached hydrogen (secondary N) is 1. The van der Waals surface area contributed by atoms with Crippen molar-refractivity contribution in [2.45, 2.75) is 25.3 Å². The minimum absolute atomic E-state index is 0.00372. The van der Waals surface area contributed by atoms with Crippen LogP contribution in [0.15, 0.2) is 12.4 Å². The summed E-state index contributed by atoms with van der Waals surface area (Å²) < 4.78 is 0. The molecule has 6 nitrogen and oxygen atoms in total. The maximum atomic E-state index is 7.65. The Morgan fingerprint density at radius 3 is 2.90 bits per heavy atom. The SMILES string of the molecule is CN1CCCC2CN(c3nccnc3C(=N)N)CCC21. The number of hydrogen-bond donors (Lipinski definition) is 2. The maximum Gasteiger partial charge on any atom is 0.158 e. The Labute approximate surface area is 119 Å². The van der Waals surface area contributed by atoms with Crippen molar-refractivity contribution in [1.82, 2.24) is 14.9 Å². The van der Waals surface area contributed by atoms with Gasteiger partial charge in [0, 0.05) is 31.5 Å². The predicted octanol–water partition coefficient (Wildman–Crippen LogP) is 0.681. The number of piperidine rings is 2. The van der Waals surface area contributed by atoms with Crippen LogP contribution in [0.3, 0.4) is 0 Å². The van der Waals surface area contributed by atoms with E-state index < -0.39 is 0 Å². The first-order valence-electron chi connectivity index (χ1n) is 7.27. The zero-order valence-corrected chi connectivity index (χ0v) is 11.9. The van der Waals surface area contributed by atoms with Crippen LogP contribution in [0.5, 0.6) is 0 Å². The number of amidine groups is 1. The highest BCUT2D eigenvalue weighted by atomic mass is 15.2. The summed E-state index contributed by atoms with van der Waals surface area (Å²) in [5.41, 5.74) is 6.13. The van der Waals surface area contributed by atoms with E-state index in [0.717, 1.165) is 25.3 Å². The Bertz CT molecular complexity index is 502. The normalized spacial score (nSPS) is 27.1. The molecule has 0 spiro atoms. The molecule has 3 heterocycles.